The van der Waals surface area contributed by atoms with Crippen LogP contribution in [0.25, 0.3) is 0 Å². The van der Waals surface area contributed by atoms with Gasteiger partial charge in [0.1, 0.15) is 0 Å². The number of aromatic nitrogens is 3. The lowest BCUT2D eigenvalue weighted by Gasteiger charge is -2.26. The number of aryl methyl sites for hydroxylation is 1. The SMILES string of the molecule is O=C(CCCn1cc(CNC2CC2)nn1)N1CCOCC1. The number of rotatable bonds is 7. The van der Waals surface area contributed by atoms with Crippen LogP contribution in [0.3, 0.4) is 0 Å². The summed E-state index contributed by atoms with van der Waals surface area (Å²) in [5.41, 5.74) is 0.974. The molecule has 1 aliphatic carbocycles. The molecule has 21 heavy (non-hydrogen) atoms. The maximum Gasteiger partial charge on any atom is 0.222 e. The van der Waals surface area contributed by atoms with Gasteiger partial charge < -0.3 is 15.0 Å². The van der Waals surface area contributed by atoms with Gasteiger partial charge in [0.2, 0.25) is 5.91 Å². The van der Waals surface area contributed by atoms with Crippen LogP contribution in [0.2, 0.25) is 0 Å². The molecule has 1 amide bonds. The minimum absolute atomic E-state index is 0.217. The highest BCUT2D eigenvalue weighted by Crippen LogP contribution is 2.18. The zero-order valence-corrected chi connectivity index (χ0v) is 12.3. The largest absolute Gasteiger partial charge is 0.378 e. The average molecular weight is 293 g/mol. The van der Waals surface area contributed by atoms with Crippen LogP contribution in [0, 0.1) is 0 Å². The zero-order chi connectivity index (χ0) is 14.5. The molecule has 0 aromatic carbocycles. The summed E-state index contributed by atoms with van der Waals surface area (Å²) in [5.74, 6) is 0.217. The van der Waals surface area contributed by atoms with E-state index in [0.29, 0.717) is 25.7 Å². The first kappa shape index (κ1) is 14.5. The maximum absolute atomic E-state index is 12.0. The maximum atomic E-state index is 12.0. The van der Waals surface area contributed by atoms with Crippen LogP contribution in [-0.4, -0.2) is 58.1 Å². The molecule has 3 rings (SSSR count). The molecule has 0 unspecified atom stereocenters. The van der Waals surface area contributed by atoms with Crippen LogP contribution in [0.1, 0.15) is 31.4 Å². The van der Waals surface area contributed by atoms with E-state index in [0.717, 1.165) is 38.3 Å². The number of hydrogen-bond donors (Lipinski definition) is 1. The second kappa shape index (κ2) is 7.00. The van der Waals surface area contributed by atoms with E-state index in [-0.39, 0.29) is 5.91 Å². The van der Waals surface area contributed by atoms with Crippen LogP contribution in [0.5, 0.6) is 0 Å². The van der Waals surface area contributed by atoms with Gasteiger partial charge in [-0.15, -0.1) is 5.10 Å². The van der Waals surface area contributed by atoms with E-state index in [1.54, 1.807) is 0 Å². The first-order chi connectivity index (χ1) is 10.3. The van der Waals surface area contributed by atoms with Gasteiger partial charge >= 0.3 is 0 Å². The summed E-state index contributed by atoms with van der Waals surface area (Å²) in [4.78, 5) is 13.9. The van der Waals surface area contributed by atoms with Gasteiger partial charge in [0, 0.05) is 44.8 Å². The van der Waals surface area contributed by atoms with Crippen molar-refractivity contribution in [2.45, 2.75) is 44.8 Å². The first-order valence-electron chi connectivity index (χ1n) is 7.79. The molecule has 2 fully saturated rings. The second-order valence-corrected chi connectivity index (χ2v) is 5.72. The number of carbonyl (C=O) groups is 1. The Morgan fingerprint density at radius 1 is 1.38 bits per heavy atom. The molecule has 1 aliphatic heterocycles. The highest BCUT2D eigenvalue weighted by Gasteiger charge is 2.20. The third-order valence-electron chi connectivity index (χ3n) is 3.88. The lowest BCUT2D eigenvalue weighted by Crippen LogP contribution is -2.40. The highest BCUT2D eigenvalue weighted by molar-refractivity contribution is 5.76. The van der Waals surface area contributed by atoms with Gasteiger partial charge in [-0.1, -0.05) is 5.21 Å². The Bertz CT molecular complexity index is 466. The third-order valence-corrected chi connectivity index (χ3v) is 3.88. The van der Waals surface area contributed by atoms with Crippen molar-refractivity contribution in [2.75, 3.05) is 26.3 Å². The summed E-state index contributed by atoms with van der Waals surface area (Å²) in [6.07, 6.45) is 5.88. The molecule has 7 heteroatoms. The van der Waals surface area contributed by atoms with Gasteiger partial charge in [-0.25, -0.2) is 0 Å². The van der Waals surface area contributed by atoms with E-state index >= 15 is 0 Å². The third kappa shape index (κ3) is 4.50. The number of ether oxygens (including phenoxy) is 1. The van der Waals surface area contributed by atoms with Crippen molar-refractivity contribution in [3.63, 3.8) is 0 Å². The van der Waals surface area contributed by atoms with E-state index in [2.05, 4.69) is 15.6 Å². The number of carbonyl (C=O) groups excluding carboxylic acids is 1. The lowest BCUT2D eigenvalue weighted by atomic mass is 10.2. The predicted molar refractivity (Wildman–Crippen MR) is 76.5 cm³/mol. The van der Waals surface area contributed by atoms with Gasteiger partial charge in [-0.05, 0) is 19.3 Å². The summed E-state index contributed by atoms with van der Waals surface area (Å²) < 4.78 is 7.08. The molecular formula is C14H23N5O2. The Labute approximate surface area is 124 Å². The topological polar surface area (TPSA) is 72.3 Å². The fourth-order valence-electron chi connectivity index (χ4n) is 2.43. The molecule has 1 N–H and O–H groups in total. The Hall–Kier alpha value is -1.47. The van der Waals surface area contributed by atoms with Crippen molar-refractivity contribution >= 4 is 5.91 Å². The van der Waals surface area contributed by atoms with Gasteiger partial charge in [0.25, 0.3) is 0 Å². The van der Waals surface area contributed by atoms with E-state index in [9.17, 15) is 4.79 Å². The molecule has 0 bridgehead atoms. The van der Waals surface area contributed by atoms with E-state index in [4.69, 9.17) is 4.74 Å². The van der Waals surface area contributed by atoms with E-state index < -0.39 is 0 Å². The zero-order valence-electron chi connectivity index (χ0n) is 12.3. The molecule has 0 radical (unpaired) electrons. The van der Waals surface area contributed by atoms with Crippen molar-refractivity contribution in [3.8, 4) is 0 Å². The van der Waals surface area contributed by atoms with Crippen molar-refractivity contribution in [1.82, 2.24) is 25.2 Å². The highest BCUT2D eigenvalue weighted by atomic mass is 16.5. The van der Waals surface area contributed by atoms with Gasteiger partial charge in [0.15, 0.2) is 0 Å². The molecule has 1 aromatic rings. The number of nitrogens with one attached hydrogen (secondary N) is 1. The summed E-state index contributed by atoms with van der Waals surface area (Å²) in [5, 5.41) is 11.7. The van der Waals surface area contributed by atoms with Crippen molar-refractivity contribution in [1.29, 1.82) is 0 Å². The Morgan fingerprint density at radius 3 is 2.95 bits per heavy atom. The van der Waals surface area contributed by atoms with Crippen molar-refractivity contribution in [3.05, 3.63) is 11.9 Å². The average Bonchev–Trinajstić information content (AvgIpc) is 3.25. The van der Waals surface area contributed by atoms with Crippen LogP contribution in [0.4, 0.5) is 0 Å². The number of hydrogen-bond acceptors (Lipinski definition) is 5. The number of amides is 1. The van der Waals surface area contributed by atoms with E-state index in [1.165, 1.54) is 12.8 Å². The molecule has 2 aliphatic rings. The summed E-state index contributed by atoms with van der Waals surface area (Å²) in [7, 11) is 0. The van der Waals surface area contributed by atoms with Gasteiger partial charge in [-0.3, -0.25) is 9.48 Å². The minimum atomic E-state index is 0.217. The number of nitrogens with zero attached hydrogens (tertiary/aromatic N) is 4. The molecule has 116 valence electrons. The molecule has 0 spiro atoms. The van der Waals surface area contributed by atoms with Crippen LogP contribution < -0.4 is 5.32 Å². The van der Waals surface area contributed by atoms with Crippen LogP contribution >= 0.6 is 0 Å². The Kier molecular flexibility index (Phi) is 4.82. The Balaban J connectivity index is 1.35. The van der Waals surface area contributed by atoms with Gasteiger partial charge in [-0.2, -0.15) is 0 Å². The fourth-order valence-corrected chi connectivity index (χ4v) is 2.43. The second-order valence-electron chi connectivity index (χ2n) is 5.72. The predicted octanol–water partition coefficient (Wildman–Crippen LogP) is 0.169. The van der Waals surface area contributed by atoms with Crippen molar-refractivity contribution < 1.29 is 9.53 Å². The molecule has 1 saturated carbocycles. The molecule has 2 heterocycles. The summed E-state index contributed by atoms with van der Waals surface area (Å²) in [6, 6.07) is 0.682. The first-order valence-corrected chi connectivity index (χ1v) is 7.79. The quantitative estimate of drug-likeness (QED) is 0.776. The summed E-state index contributed by atoms with van der Waals surface area (Å²) in [6.45, 7) is 4.29. The molecular weight excluding hydrogens is 270 g/mol. The smallest absolute Gasteiger partial charge is 0.222 e. The number of morpholine rings is 1. The van der Waals surface area contributed by atoms with Gasteiger partial charge in [0.05, 0.1) is 18.9 Å². The van der Waals surface area contributed by atoms with Crippen LogP contribution in [0.15, 0.2) is 6.20 Å². The standard InChI is InChI=1S/C14H23N5O2/c20-14(18-6-8-21-9-7-18)2-1-5-19-11-13(16-17-19)10-15-12-3-4-12/h11-12,15H,1-10H2. The van der Waals surface area contributed by atoms with Crippen LogP contribution in [-0.2, 0) is 22.6 Å². The molecule has 0 atom stereocenters. The molecule has 7 nitrogen and oxygen atoms in total. The summed E-state index contributed by atoms with van der Waals surface area (Å²) >= 11 is 0. The fraction of sp³-hybridized carbons (Fsp3) is 0.786. The molecule has 1 aromatic heterocycles. The van der Waals surface area contributed by atoms with E-state index in [1.807, 2.05) is 15.8 Å². The molecule has 1 saturated heterocycles. The Morgan fingerprint density at radius 2 is 2.19 bits per heavy atom. The monoisotopic (exact) mass is 293 g/mol. The minimum Gasteiger partial charge on any atom is -0.378 e. The normalized spacial score (nSPS) is 19.0. The lowest BCUT2D eigenvalue weighted by molar-refractivity contribution is -0.135. The van der Waals surface area contributed by atoms with Crippen molar-refractivity contribution in [2.24, 2.45) is 0 Å².